The number of benzene rings is 3. The highest BCUT2D eigenvalue weighted by atomic mass is 19.3. The van der Waals surface area contributed by atoms with Crippen LogP contribution in [0.25, 0.3) is 39.4 Å². The van der Waals surface area contributed by atoms with Gasteiger partial charge in [-0.15, -0.1) is 0 Å². The molecule has 0 bridgehead atoms. The first-order valence-corrected chi connectivity index (χ1v) is 12.3. The summed E-state index contributed by atoms with van der Waals surface area (Å²) in [6, 6.07) is 17.0. The van der Waals surface area contributed by atoms with Gasteiger partial charge in [-0.2, -0.15) is 13.9 Å². The lowest BCUT2D eigenvalue weighted by atomic mass is 9.95. The number of aromatic nitrogens is 3. The van der Waals surface area contributed by atoms with Crippen molar-refractivity contribution in [1.29, 1.82) is 0 Å². The summed E-state index contributed by atoms with van der Waals surface area (Å²) in [4.78, 5) is 4.68. The maximum absolute atomic E-state index is 14.8. The van der Waals surface area contributed by atoms with Crippen LogP contribution < -0.4 is 4.74 Å². The Hall–Kier alpha value is -4.37. The molecule has 0 radical (unpaired) electrons. The molecule has 0 aliphatic heterocycles. The van der Waals surface area contributed by atoms with E-state index >= 15 is 0 Å². The second-order valence-electron chi connectivity index (χ2n) is 9.30. The van der Waals surface area contributed by atoms with Crippen LogP contribution in [-0.4, -0.2) is 26.5 Å². The second-order valence-corrected chi connectivity index (χ2v) is 9.30. The molecule has 0 fully saturated rings. The van der Waals surface area contributed by atoms with Crippen LogP contribution in [0.1, 0.15) is 28.4 Å². The molecule has 0 saturated carbocycles. The van der Waals surface area contributed by atoms with Crippen LogP contribution in [-0.2, 0) is 6.61 Å². The van der Waals surface area contributed by atoms with E-state index < -0.39 is 12.4 Å². The molecule has 3 aromatic carbocycles. The Morgan fingerprint density at radius 3 is 2.26 bits per heavy atom. The predicted octanol–water partition coefficient (Wildman–Crippen LogP) is 7.33. The molecule has 0 amide bonds. The fourth-order valence-corrected chi connectivity index (χ4v) is 4.70. The number of oxazole rings is 1. The first kappa shape index (κ1) is 26.2. The number of halogens is 3. The number of ether oxygens (including phenoxy) is 1. The lowest BCUT2D eigenvalue weighted by Crippen LogP contribution is -2.03. The Morgan fingerprint density at radius 1 is 0.923 bits per heavy atom. The van der Waals surface area contributed by atoms with Crippen molar-refractivity contribution in [2.24, 2.45) is 0 Å². The molecular weight excluding hydrogens is 507 g/mol. The van der Waals surface area contributed by atoms with Gasteiger partial charge in [0.25, 0.3) is 0 Å². The van der Waals surface area contributed by atoms with Gasteiger partial charge in [-0.25, -0.2) is 14.1 Å². The van der Waals surface area contributed by atoms with Crippen LogP contribution in [0.2, 0.25) is 0 Å². The molecule has 2 aromatic heterocycles. The normalized spacial score (nSPS) is 11.4. The van der Waals surface area contributed by atoms with Crippen molar-refractivity contribution in [3.63, 3.8) is 0 Å². The van der Waals surface area contributed by atoms with Crippen LogP contribution in [0.5, 0.6) is 5.75 Å². The van der Waals surface area contributed by atoms with E-state index in [1.807, 2.05) is 48.9 Å². The summed E-state index contributed by atoms with van der Waals surface area (Å²) in [5, 5.41) is 14.2. The van der Waals surface area contributed by atoms with Crippen molar-refractivity contribution < 1.29 is 27.4 Å². The van der Waals surface area contributed by atoms with Crippen molar-refractivity contribution in [2.45, 2.75) is 40.9 Å². The molecule has 0 aliphatic rings. The summed E-state index contributed by atoms with van der Waals surface area (Å²) in [6.07, 6.45) is 0. The smallest absolute Gasteiger partial charge is 0.387 e. The third kappa shape index (κ3) is 5.18. The van der Waals surface area contributed by atoms with Crippen LogP contribution in [0.4, 0.5) is 13.2 Å². The minimum Gasteiger partial charge on any atom is -0.440 e. The maximum atomic E-state index is 14.8. The van der Waals surface area contributed by atoms with Gasteiger partial charge in [0.05, 0.1) is 18.0 Å². The zero-order valence-corrected chi connectivity index (χ0v) is 21.8. The van der Waals surface area contributed by atoms with Crippen LogP contribution in [0.3, 0.4) is 0 Å². The van der Waals surface area contributed by atoms with Gasteiger partial charge in [-0.3, -0.25) is 0 Å². The van der Waals surface area contributed by atoms with E-state index in [1.54, 1.807) is 26.0 Å². The van der Waals surface area contributed by atoms with Gasteiger partial charge in [0.15, 0.2) is 11.7 Å². The minimum atomic E-state index is -2.93. The predicted molar refractivity (Wildman–Crippen MR) is 141 cm³/mol. The quantitative estimate of drug-likeness (QED) is 0.237. The van der Waals surface area contributed by atoms with Crippen molar-refractivity contribution in [3.8, 4) is 45.1 Å². The van der Waals surface area contributed by atoms with Crippen molar-refractivity contribution in [1.82, 2.24) is 14.8 Å². The molecule has 5 rings (SSSR count). The molecule has 39 heavy (non-hydrogen) atoms. The Balaban J connectivity index is 1.71. The first-order valence-electron chi connectivity index (χ1n) is 12.3. The molecule has 200 valence electrons. The van der Waals surface area contributed by atoms with E-state index in [0.29, 0.717) is 39.6 Å². The molecule has 0 spiro atoms. The average Bonchev–Trinajstić information content (AvgIpc) is 3.44. The molecule has 1 N–H and O–H groups in total. The summed E-state index contributed by atoms with van der Waals surface area (Å²) >= 11 is 0. The van der Waals surface area contributed by atoms with E-state index in [-0.39, 0.29) is 17.9 Å². The lowest BCUT2D eigenvalue weighted by Gasteiger charge is -2.15. The van der Waals surface area contributed by atoms with Gasteiger partial charge in [0.1, 0.15) is 17.3 Å². The molecule has 0 aliphatic carbocycles. The summed E-state index contributed by atoms with van der Waals surface area (Å²) in [5.74, 6) is 0.391. The number of nitrogens with zero attached hydrogens (tertiary/aromatic N) is 3. The maximum Gasteiger partial charge on any atom is 0.387 e. The zero-order valence-electron chi connectivity index (χ0n) is 21.8. The monoisotopic (exact) mass is 533 g/mol. The third-order valence-corrected chi connectivity index (χ3v) is 6.48. The Morgan fingerprint density at radius 2 is 1.64 bits per heavy atom. The zero-order chi connectivity index (χ0) is 27.8. The van der Waals surface area contributed by atoms with E-state index in [1.165, 1.54) is 18.2 Å². The Labute approximate surface area is 223 Å². The number of alkyl halides is 2. The molecule has 5 aromatic rings. The molecule has 2 heterocycles. The van der Waals surface area contributed by atoms with Gasteiger partial charge < -0.3 is 14.3 Å². The van der Waals surface area contributed by atoms with E-state index in [0.717, 1.165) is 22.6 Å². The van der Waals surface area contributed by atoms with Crippen molar-refractivity contribution in [2.75, 3.05) is 0 Å². The standard InChI is InChI=1S/C30H26F3N3O3/c1-16-11-22(14-26(31)25(16)15-37)21-7-10-27(36-18(3)12-17(2)35-36)24(13-21)28-29(38-19(4)34-28)20-5-8-23(9-6-20)39-30(32)33/h5-14,30,37H,15H2,1-4H3. The minimum absolute atomic E-state index is 0.0283. The van der Waals surface area contributed by atoms with Crippen LogP contribution >= 0.6 is 0 Å². The Bertz CT molecular complexity index is 1630. The van der Waals surface area contributed by atoms with Gasteiger partial charge in [0, 0.05) is 29.3 Å². The van der Waals surface area contributed by atoms with Crippen LogP contribution in [0.15, 0.2) is 65.1 Å². The fourth-order valence-electron chi connectivity index (χ4n) is 4.70. The highest BCUT2D eigenvalue weighted by Crippen LogP contribution is 2.39. The van der Waals surface area contributed by atoms with Gasteiger partial charge in [0.2, 0.25) is 0 Å². The second kappa shape index (κ2) is 10.4. The number of aliphatic hydroxyl groups is 1. The summed E-state index contributed by atoms with van der Waals surface area (Å²) < 4.78 is 52.3. The number of hydrogen-bond donors (Lipinski definition) is 1. The summed E-state index contributed by atoms with van der Waals surface area (Å²) in [6.45, 7) is 4.01. The van der Waals surface area contributed by atoms with Gasteiger partial charge >= 0.3 is 6.61 Å². The summed E-state index contributed by atoms with van der Waals surface area (Å²) in [7, 11) is 0. The largest absolute Gasteiger partial charge is 0.440 e. The molecule has 0 unspecified atom stereocenters. The molecule has 6 nitrogen and oxygen atoms in total. The number of hydrogen-bond acceptors (Lipinski definition) is 5. The number of aliphatic hydroxyl groups excluding tert-OH is 1. The SMILES string of the molecule is Cc1cc(C)n(-c2ccc(-c3cc(C)c(CO)c(F)c3)cc2-c2nc(C)oc2-c2ccc(OC(F)F)cc2)n1. The van der Waals surface area contributed by atoms with E-state index in [2.05, 4.69) is 14.8 Å². The highest BCUT2D eigenvalue weighted by molar-refractivity contribution is 5.85. The Kier molecular flexibility index (Phi) is 7.01. The first-order chi connectivity index (χ1) is 18.6. The molecule has 9 heteroatoms. The van der Waals surface area contributed by atoms with E-state index in [9.17, 15) is 18.3 Å². The van der Waals surface area contributed by atoms with Gasteiger partial charge in [-0.1, -0.05) is 12.1 Å². The van der Waals surface area contributed by atoms with Crippen molar-refractivity contribution >= 4 is 0 Å². The fraction of sp³-hybridized carbons (Fsp3) is 0.200. The molecule has 0 saturated heterocycles. The summed E-state index contributed by atoms with van der Waals surface area (Å²) in [5.41, 5.74) is 6.57. The topological polar surface area (TPSA) is 73.3 Å². The van der Waals surface area contributed by atoms with E-state index in [4.69, 9.17) is 4.42 Å². The lowest BCUT2D eigenvalue weighted by molar-refractivity contribution is -0.0498. The average molecular weight is 534 g/mol. The van der Waals surface area contributed by atoms with Gasteiger partial charge in [-0.05, 0) is 86.0 Å². The number of rotatable bonds is 7. The third-order valence-electron chi connectivity index (χ3n) is 6.48. The van der Waals surface area contributed by atoms with Crippen LogP contribution in [0, 0.1) is 33.5 Å². The molecular formula is C30H26F3N3O3. The highest BCUT2D eigenvalue weighted by Gasteiger charge is 2.22. The molecule has 0 atom stereocenters. The number of aryl methyl sites for hydroxylation is 4. The van der Waals surface area contributed by atoms with Crippen molar-refractivity contribution in [3.05, 3.63) is 94.9 Å².